The van der Waals surface area contributed by atoms with Crippen LogP contribution in [0.2, 0.25) is 0 Å². The summed E-state index contributed by atoms with van der Waals surface area (Å²) < 4.78 is 5.55. The molecule has 1 aromatic heterocycles. The summed E-state index contributed by atoms with van der Waals surface area (Å²) >= 11 is 1.77. The van der Waals surface area contributed by atoms with Crippen molar-refractivity contribution < 1.29 is 4.74 Å². The van der Waals surface area contributed by atoms with E-state index in [1.807, 2.05) is 0 Å². The molecule has 134 valence electrons. The monoisotopic (exact) mass is 454 g/mol. The minimum atomic E-state index is 0. The van der Waals surface area contributed by atoms with Gasteiger partial charge in [-0.2, -0.15) is 0 Å². The van der Waals surface area contributed by atoms with Crippen molar-refractivity contribution in [2.75, 3.05) is 27.2 Å². The highest BCUT2D eigenvalue weighted by Gasteiger charge is 2.24. The van der Waals surface area contributed by atoms with Crippen molar-refractivity contribution in [1.29, 1.82) is 0 Å². The molecule has 0 saturated carbocycles. The number of ether oxygens (including phenoxy) is 1. The van der Waals surface area contributed by atoms with Crippen LogP contribution in [-0.2, 0) is 11.2 Å². The molecule has 0 saturated heterocycles. The van der Waals surface area contributed by atoms with Crippen LogP contribution in [0.1, 0.15) is 36.3 Å². The highest BCUT2D eigenvalue weighted by atomic mass is 127. The Balaban J connectivity index is 0.00000484. The lowest BCUT2D eigenvalue weighted by Crippen LogP contribution is -2.45. The number of hydrogen-bond donors (Lipinski definition) is 2. The Labute approximate surface area is 161 Å². The molecule has 0 aliphatic rings. The molecular weight excluding hydrogens is 423 g/mol. The first-order valence-corrected chi connectivity index (χ1v) is 8.49. The van der Waals surface area contributed by atoms with Crippen LogP contribution in [0.3, 0.4) is 0 Å². The topological polar surface area (TPSA) is 58.5 Å². The molecule has 2 N–H and O–H groups in total. The fourth-order valence-corrected chi connectivity index (χ4v) is 3.02. The van der Waals surface area contributed by atoms with E-state index in [1.165, 1.54) is 9.88 Å². The summed E-state index contributed by atoms with van der Waals surface area (Å²) in [6.07, 6.45) is 1.04. The van der Waals surface area contributed by atoms with Gasteiger partial charge < -0.3 is 15.4 Å². The molecule has 7 heteroatoms. The van der Waals surface area contributed by atoms with Crippen molar-refractivity contribution in [1.82, 2.24) is 15.6 Å². The van der Waals surface area contributed by atoms with Crippen LogP contribution in [0.5, 0.6) is 0 Å². The zero-order valence-corrected chi connectivity index (χ0v) is 18.5. The van der Waals surface area contributed by atoms with Crippen LogP contribution < -0.4 is 10.6 Å². The molecular formula is C16H31IN4OS. The molecule has 0 fully saturated rings. The largest absolute Gasteiger partial charge is 0.379 e. The van der Waals surface area contributed by atoms with E-state index in [-0.39, 0.29) is 35.5 Å². The lowest BCUT2D eigenvalue weighted by Gasteiger charge is -2.30. The minimum absolute atomic E-state index is 0. The van der Waals surface area contributed by atoms with Gasteiger partial charge in [0.1, 0.15) is 0 Å². The maximum absolute atomic E-state index is 5.55. The van der Waals surface area contributed by atoms with E-state index >= 15 is 0 Å². The predicted molar refractivity (Wildman–Crippen MR) is 110 cm³/mol. The van der Waals surface area contributed by atoms with Crippen LogP contribution >= 0.6 is 35.3 Å². The molecule has 1 aromatic rings. The Kier molecular flexibility index (Phi) is 10.3. The Morgan fingerprint density at radius 2 is 1.96 bits per heavy atom. The maximum Gasteiger partial charge on any atom is 0.191 e. The van der Waals surface area contributed by atoms with Gasteiger partial charge in [0.25, 0.3) is 0 Å². The van der Waals surface area contributed by atoms with Gasteiger partial charge in [-0.3, -0.25) is 4.99 Å². The standard InChI is InChI=1S/C16H30N4OS.HI/c1-11-12(2)22-14(20-11)8-9-18-15(17-6)19-10-13(21-7)16(3,4)5;/h13H,8-10H2,1-7H3,(H2,17,18,19);1H. The third kappa shape index (κ3) is 7.80. The van der Waals surface area contributed by atoms with Crippen molar-refractivity contribution in [2.45, 2.75) is 47.1 Å². The number of halogens is 1. The summed E-state index contributed by atoms with van der Waals surface area (Å²) in [6.45, 7) is 12.2. The van der Waals surface area contributed by atoms with Gasteiger partial charge in [0.05, 0.1) is 16.8 Å². The fourth-order valence-electron chi connectivity index (χ4n) is 2.09. The van der Waals surface area contributed by atoms with Gasteiger partial charge in [0.2, 0.25) is 0 Å². The van der Waals surface area contributed by atoms with Crippen LogP contribution in [0.25, 0.3) is 0 Å². The van der Waals surface area contributed by atoms with E-state index in [0.717, 1.165) is 31.2 Å². The van der Waals surface area contributed by atoms with Gasteiger partial charge in [-0.25, -0.2) is 4.98 Å². The van der Waals surface area contributed by atoms with Gasteiger partial charge in [0.15, 0.2) is 5.96 Å². The van der Waals surface area contributed by atoms with Crippen molar-refractivity contribution >= 4 is 41.3 Å². The number of methoxy groups -OCH3 is 1. The van der Waals surface area contributed by atoms with Crippen LogP contribution in [0, 0.1) is 19.3 Å². The summed E-state index contributed by atoms with van der Waals surface area (Å²) in [5, 5.41) is 7.82. The molecule has 0 bridgehead atoms. The first-order chi connectivity index (χ1) is 10.3. The highest BCUT2D eigenvalue weighted by molar-refractivity contribution is 14.0. The van der Waals surface area contributed by atoms with Crippen molar-refractivity contribution in [3.8, 4) is 0 Å². The third-order valence-electron chi connectivity index (χ3n) is 3.63. The number of aromatic nitrogens is 1. The molecule has 0 radical (unpaired) electrons. The lowest BCUT2D eigenvalue weighted by atomic mass is 9.89. The Bertz CT molecular complexity index is 477. The van der Waals surface area contributed by atoms with Crippen molar-refractivity contribution in [3.05, 3.63) is 15.6 Å². The van der Waals surface area contributed by atoms with Crippen LogP contribution in [-0.4, -0.2) is 44.3 Å². The van der Waals surface area contributed by atoms with E-state index in [1.54, 1.807) is 25.5 Å². The second-order valence-corrected chi connectivity index (χ2v) is 7.76. The molecule has 0 aliphatic heterocycles. The van der Waals surface area contributed by atoms with Gasteiger partial charge >= 0.3 is 0 Å². The molecule has 1 atom stereocenters. The second-order valence-electron chi connectivity index (χ2n) is 6.47. The van der Waals surface area contributed by atoms with E-state index < -0.39 is 0 Å². The van der Waals surface area contributed by atoms with Crippen LogP contribution in [0.4, 0.5) is 0 Å². The van der Waals surface area contributed by atoms with Crippen LogP contribution in [0.15, 0.2) is 4.99 Å². The summed E-state index contributed by atoms with van der Waals surface area (Å²) in [5.74, 6) is 0.802. The Morgan fingerprint density at radius 1 is 1.30 bits per heavy atom. The maximum atomic E-state index is 5.55. The van der Waals surface area contributed by atoms with Crippen molar-refractivity contribution in [2.24, 2.45) is 10.4 Å². The lowest BCUT2D eigenvalue weighted by molar-refractivity contribution is 0.0205. The first-order valence-electron chi connectivity index (χ1n) is 7.68. The zero-order valence-electron chi connectivity index (χ0n) is 15.3. The van der Waals surface area contributed by atoms with E-state index in [2.05, 4.69) is 55.2 Å². The SMILES string of the molecule is CN=C(NCCc1nc(C)c(C)s1)NCC(OC)C(C)(C)C.I. The fraction of sp³-hybridized carbons (Fsp3) is 0.750. The molecule has 0 amide bonds. The Morgan fingerprint density at radius 3 is 2.39 bits per heavy atom. The van der Waals surface area contributed by atoms with Gasteiger partial charge in [0, 0.05) is 38.5 Å². The van der Waals surface area contributed by atoms with E-state index in [9.17, 15) is 0 Å². The number of aliphatic imine (C=N–C) groups is 1. The average Bonchev–Trinajstić information content (AvgIpc) is 2.74. The van der Waals surface area contributed by atoms with E-state index in [0.29, 0.717) is 0 Å². The first kappa shape index (κ1) is 22.6. The van der Waals surface area contributed by atoms with Gasteiger partial charge in [-0.1, -0.05) is 20.8 Å². The summed E-state index contributed by atoms with van der Waals surface area (Å²) in [7, 11) is 3.53. The van der Waals surface area contributed by atoms with E-state index in [4.69, 9.17) is 4.74 Å². The zero-order chi connectivity index (χ0) is 16.8. The number of aryl methyl sites for hydroxylation is 2. The van der Waals surface area contributed by atoms with Crippen molar-refractivity contribution in [3.63, 3.8) is 0 Å². The molecule has 1 rings (SSSR count). The molecule has 0 spiro atoms. The van der Waals surface area contributed by atoms with Gasteiger partial charge in [-0.15, -0.1) is 35.3 Å². The number of nitrogens with one attached hydrogen (secondary N) is 2. The number of rotatable bonds is 6. The molecule has 1 unspecified atom stereocenters. The predicted octanol–water partition coefficient (Wildman–Crippen LogP) is 3.15. The second kappa shape index (κ2) is 10.5. The molecule has 1 heterocycles. The number of nitrogens with zero attached hydrogens (tertiary/aromatic N) is 2. The number of hydrogen-bond acceptors (Lipinski definition) is 4. The summed E-state index contributed by atoms with van der Waals surface area (Å²) in [4.78, 5) is 10.1. The minimum Gasteiger partial charge on any atom is -0.379 e. The number of thiazole rings is 1. The average molecular weight is 454 g/mol. The quantitative estimate of drug-likeness (QED) is 0.394. The van der Waals surface area contributed by atoms with Gasteiger partial charge in [-0.05, 0) is 19.3 Å². The highest BCUT2D eigenvalue weighted by Crippen LogP contribution is 2.20. The Hall–Kier alpha value is -0.410. The molecule has 0 aliphatic carbocycles. The summed E-state index contributed by atoms with van der Waals surface area (Å²) in [6, 6.07) is 0. The molecule has 0 aromatic carbocycles. The normalized spacial score (nSPS) is 13.4. The summed E-state index contributed by atoms with van der Waals surface area (Å²) in [5.41, 5.74) is 1.23. The smallest absolute Gasteiger partial charge is 0.191 e. The number of guanidine groups is 1. The third-order valence-corrected chi connectivity index (χ3v) is 4.77. The molecule has 5 nitrogen and oxygen atoms in total. The molecule has 23 heavy (non-hydrogen) atoms.